The molecule has 0 heterocycles. The van der Waals surface area contributed by atoms with Gasteiger partial charge in [-0.05, 0) is 0 Å². The van der Waals surface area contributed by atoms with Crippen molar-refractivity contribution in [1.82, 2.24) is 10.8 Å². The molecule has 12 heavy (non-hydrogen) atoms. The molecule has 0 aromatic heterocycles. The number of hydrogen-bond donors (Lipinski definition) is 2. The third kappa shape index (κ3) is 7.01. The third-order valence-corrected chi connectivity index (χ3v) is 1.06. The number of amides is 2. The average molecular weight is 174 g/mol. The molecule has 0 saturated carbocycles. The average Bonchev–Trinajstić information content (AvgIpc) is 2.03. The van der Waals surface area contributed by atoms with Crippen molar-refractivity contribution >= 4 is 11.8 Å². The van der Waals surface area contributed by atoms with Crippen LogP contribution in [0.2, 0.25) is 0 Å². The largest absolute Gasteiger partial charge is 0.354 e. The molecule has 2 amide bonds. The first-order chi connectivity index (χ1) is 5.66. The molecule has 0 atom stereocenters. The Kier molecular flexibility index (Phi) is 6.00. The van der Waals surface area contributed by atoms with Crippen molar-refractivity contribution in [3.05, 3.63) is 0 Å². The monoisotopic (exact) mass is 174 g/mol. The zero-order valence-electron chi connectivity index (χ0n) is 7.35. The van der Waals surface area contributed by atoms with Gasteiger partial charge >= 0.3 is 0 Å². The zero-order chi connectivity index (χ0) is 9.40. The maximum atomic E-state index is 10.7. The molecule has 0 aliphatic rings. The first-order valence-corrected chi connectivity index (χ1v) is 3.82. The van der Waals surface area contributed by atoms with Crippen LogP contribution in [0.5, 0.6) is 0 Å². The summed E-state index contributed by atoms with van der Waals surface area (Å²) in [7, 11) is 0. The summed E-state index contributed by atoms with van der Waals surface area (Å²) in [5.74, 6) is -0.279. The molecule has 0 aromatic carbocycles. The minimum Gasteiger partial charge on any atom is -0.354 e. The van der Waals surface area contributed by atoms with Gasteiger partial charge in [-0.25, -0.2) is 5.48 Å². The topological polar surface area (TPSA) is 67.4 Å². The third-order valence-electron chi connectivity index (χ3n) is 1.06. The van der Waals surface area contributed by atoms with Crippen molar-refractivity contribution in [3.63, 3.8) is 0 Å². The van der Waals surface area contributed by atoms with Crippen molar-refractivity contribution in [1.29, 1.82) is 0 Å². The van der Waals surface area contributed by atoms with E-state index in [2.05, 4.69) is 15.6 Å². The Bertz CT molecular complexity index is 159. The molecule has 0 fully saturated rings. The van der Waals surface area contributed by atoms with Gasteiger partial charge in [0.1, 0.15) is 0 Å². The van der Waals surface area contributed by atoms with Gasteiger partial charge in [-0.15, -0.1) is 0 Å². The van der Waals surface area contributed by atoms with Crippen molar-refractivity contribution in [3.8, 4) is 0 Å². The molecular formula is C7H14N2O3. The van der Waals surface area contributed by atoms with Gasteiger partial charge in [-0.3, -0.25) is 14.4 Å². The molecule has 70 valence electrons. The zero-order valence-corrected chi connectivity index (χ0v) is 7.35. The highest BCUT2D eigenvalue weighted by molar-refractivity contribution is 5.75. The Hall–Kier alpha value is -1.10. The SMILES string of the molecule is CCC(=O)NCCONC(C)=O. The number of nitrogens with one attached hydrogen (secondary N) is 2. The van der Waals surface area contributed by atoms with E-state index in [1.807, 2.05) is 0 Å². The molecule has 0 aliphatic heterocycles. The van der Waals surface area contributed by atoms with Crippen LogP contribution in [0.15, 0.2) is 0 Å². The predicted octanol–water partition coefficient (Wildman–Crippen LogP) is -0.420. The Morgan fingerprint density at radius 3 is 2.58 bits per heavy atom. The van der Waals surface area contributed by atoms with Gasteiger partial charge < -0.3 is 5.32 Å². The molecule has 0 spiro atoms. The van der Waals surface area contributed by atoms with Crippen molar-refractivity contribution in [2.75, 3.05) is 13.2 Å². The van der Waals surface area contributed by atoms with Gasteiger partial charge in [0.15, 0.2) is 0 Å². The first kappa shape index (κ1) is 10.9. The van der Waals surface area contributed by atoms with E-state index < -0.39 is 0 Å². The summed E-state index contributed by atoms with van der Waals surface area (Å²) in [4.78, 5) is 25.6. The van der Waals surface area contributed by atoms with Crippen LogP contribution in [0.1, 0.15) is 20.3 Å². The Balaban J connectivity index is 3.11. The highest BCUT2D eigenvalue weighted by Gasteiger charge is 1.95. The van der Waals surface area contributed by atoms with Gasteiger partial charge in [-0.1, -0.05) is 6.92 Å². The number of hydrogen-bond acceptors (Lipinski definition) is 3. The maximum absolute atomic E-state index is 10.7. The lowest BCUT2D eigenvalue weighted by Crippen LogP contribution is -2.30. The van der Waals surface area contributed by atoms with E-state index in [0.717, 1.165) is 0 Å². The Morgan fingerprint density at radius 2 is 2.08 bits per heavy atom. The fourth-order valence-corrected chi connectivity index (χ4v) is 0.519. The minimum atomic E-state index is -0.253. The molecular weight excluding hydrogens is 160 g/mol. The quantitative estimate of drug-likeness (QED) is 0.439. The van der Waals surface area contributed by atoms with Crippen LogP contribution < -0.4 is 10.8 Å². The van der Waals surface area contributed by atoms with Gasteiger partial charge in [-0.2, -0.15) is 0 Å². The molecule has 0 aliphatic carbocycles. The number of rotatable bonds is 5. The van der Waals surface area contributed by atoms with Crippen molar-refractivity contribution in [2.45, 2.75) is 20.3 Å². The van der Waals surface area contributed by atoms with Crippen LogP contribution >= 0.6 is 0 Å². The summed E-state index contributed by atoms with van der Waals surface area (Å²) in [6, 6.07) is 0. The van der Waals surface area contributed by atoms with E-state index >= 15 is 0 Å². The Morgan fingerprint density at radius 1 is 1.42 bits per heavy atom. The second-order valence-electron chi connectivity index (χ2n) is 2.21. The summed E-state index contributed by atoms with van der Waals surface area (Å²) in [5, 5.41) is 2.59. The molecule has 5 nitrogen and oxygen atoms in total. The van der Waals surface area contributed by atoms with Crippen LogP contribution in [-0.4, -0.2) is 25.0 Å². The summed E-state index contributed by atoms with van der Waals surface area (Å²) in [5.41, 5.74) is 2.15. The van der Waals surface area contributed by atoms with Crippen LogP contribution in [-0.2, 0) is 14.4 Å². The lowest BCUT2D eigenvalue weighted by molar-refractivity contribution is -0.131. The molecule has 0 radical (unpaired) electrons. The Labute approximate surface area is 71.4 Å². The molecule has 2 N–H and O–H groups in total. The smallest absolute Gasteiger partial charge is 0.240 e. The molecule has 5 heteroatoms. The van der Waals surface area contributed by atoms with E-state index in [1.54, 1.807) is 6.92 Å². The molecule has 0 unspecified atom stereocenters. The molecule has 0 rings (SSSR count). The molecule has 0 bridgehead atoms. The second-order valence-corrected chi connectivity index (χ2v) is 2.21. The van der Waals surface area contributed by atoms with E-state index in [1.165, 1.54) is 6.92 Å². The van der Waals surface area contributed by atoms with Gasteiger partial charge in [0.25, 0.3) is 0 Å². The summed E-state index contributed by atoms with van der Waals surface area (Å²) in [6.07, 6.45) is 0.458. The van der Waals surface area contributed by atoms with Crippen molar-refractivity contribution < 1.29 is 14.4 Å². The highest BCUT2D eigenvalue weighted by atomic mass is 16.6. The summed E-state index contributed by atoms with van der Waals surface area (Å²) < 4.78 is 0. The lowest BCUT2D eigenvalue weighted by Gasteiger charge is -2.03. The molecule has 0 aromatic rings. The number of carbonyl (C=O) groups is 2. The standard InChI is InChI=1S/C7H14N2O3/c1-3-7(11)8-4-5-12-9-6(2)10/h3-5H2,1-2H3,(H,8,11)(H,9,10). The van der Waals surface area contributed by atoms with Crippen molar-refractivity contribution in [2.24, 2.45) is 0 Å². The van der Waals surface area contributed by atoms with E-state index in [4.69, 9.17) is 0 Å². The molecule has 0 saturated heterocycles. The minimum absolute atomic E-state index is 0.0265. The van der Waals surface area contributed by atoms with Crippen LogP contribution in [0.3, 0.4) is 0 Å². The summed E-state index contributed by atoms with van der Waals surface area (Å²) >= 11 is 0. The van der Waals surface area contributed by atoms with E-state index in [-0.39, 0.29) is 18.4 Å². The predicted molar refractivity (Wildman–Crippen MR) is 43.1 cm³/mol. The maximum Gasteiger partial charge on any atom is 0.240 e. The fraction of sp³-hybridized carbons (Fsp3) is 0.714. The van der Waals surface area contributed by atoms with Crippen LogP contribution in [0, 0.1) is 0 Å². The summed E-state index contributed by atoms with van der Waals surface area (Å²) in [6.45, 7) is 3.81. The van der Waals surface area contributed by atoms with Gasteiger partial charge in [0.05, 0.1) is 6.61 Å². The van der Waals surface area contributed by atoms with Crippen LogP contribution in [0.25, 0.3) is 0 Å². The lowest BCUT2D eigenvalue weighted by atomic mass is 10.4. The number of hydroxylamine groups is 1. The number of carbonyl (C=O) groups excluding carboxylic acids is 2. The van der Waals surface area contributed by atoms with E-state index in [9.17, 15) is 9.59 Å². The van der Waals surface area contributed by atoms with Gasteiger partial charge in [0.2, 0.25) is 11.8 Å². The second kappa shape index (κ2) is 6.60. The van der Waals surface area contributed by atoms with Gasteiger partial charge in [0, 0.05) is 19.9 Å². The normalized spacial score (nSPS) is 9.17. The highest BCUT2D eigenvalue weighted by Crippen LogP contribution is 1.74. The first-order valence-electron chi connectivity index (χ1n) is 3.82. The van der Waals surface area contributed by atoms with E-state index in [0.29, 0.717) is 13.0 Å². The van der Waals surface area contributed by atoms with Crippen LogP contribution in [0.4, 0.5) is 0 Å². The fourth-order valence-electron chi connectivity index (χ4n) is 0.519.